The van der Waals surface area contributed by atoms with E-state index in [1.807, 2.05) is 48.5 Å². The molecule has 0 N–H and O–H groups in total. The van der Waals surface area contributed by atoms with E-state index in [2.05, 4.69) is 9.13 Å². The number of para-hydroxylation sites is 2. The summed E-state index contributed by atoms with van der Waals surface area (Å²) >= 11 is 0. The number of carbonyl (C=O) groups excluding carboxylic acids is 4. The average molecular weight is 524 g/mol. The lowest BCUT2D eigenvalue weighted by Crippen LogP contribution is -2.41. The van der Waals surface area contributed by atoms with Crippen LogP contribution in [0.1, 0.15) is 36.7 Å². The second kappa shape index (κ2) is 8.17. The van der Waals surface area contributed by atoms with E-state index < -0.39 is 24.1 Å². The number of benzene rings is 3. The fourth-order valence-electron chi connectivity index (χ4n) is 6.57. The van der Waals surface area contributed by atoms with E-state index in [1.165, 1.54) is 25.7 Å². The second-order valence-corrected chi connectivity index (χ2v) is 10.3. The van der Waals surface area contributed by atoms with Crippen LogP contribution in [0.15, 0.2) is 48.5 Å². The highest BCUT2D eigenvalue weighted by Gasteiger charge is 2.40. The average Bonchev–Trinajstić information content (AvgIpc) is 3.50. The Kier molecular flexibility index (Phi) is 4.91. The molecule has 0 saturated carbocycles. The summed E-state index contributed by atoms with van der Waals surface area (Å²) in [7, 11) is 0. The summed E-state index contributed by atoms with van der Waals surface area (Å²) in [6.07, 6.45) is -1.52. The molecule has 2 atom stereocenters. The summed E-state index contributed by atoms with van der Waals surface area (Å²) < 4.78 is 15.7. The largest absolute Gasteiger partial charge is 0.457 e. The number of hydrogen-bond donors (Lipinski definition) is 0. The van der Waals surface area contributed by atoms with Crippen molar-refractivity contribution in [1.82, 2.24) is 14.0 Å². The van der Waals surface area contributed by atoms with Gasteiger partial charge in [0, 0.05) is 53.3 Å². The van der Waals surface area contributed by atoms with Gasteiger partial charge in [-0.2, -0.15) is 0 Å². The molecule has 2 aliphatic rings. The molecule has 0 saturated heterocycles. The topological polar surface area (TPSA) is 99.8 Å². The van der Waals surface area contributed by atoms with Crippen LogP contribution in [0.25, 0.3) is 43.6 Å². The van der Waals surface area contributed by atoms with Crippen LogP contribution in [0, 0.1) is 0 Å². The number of imide groups is 1. The van der Waals surface area contributed by atoms with E-state index in [4.69, 9.17) is 9.47 Å². The molecule has 9 nitrogen and oxygen atoms in total. The van der Waals surface area contributed by atoms with Gasteiger partial charge in [0.15, 0.2) is 12.2 Å². The number of ether oxygens (including phenoxy) is 2. The van der Waals surface area contributed by atoms with Crippen molar-refractivity contribution in [3.05, 3.63) is 59.7 Å². The molecule has 2 aromatic heterocycles. The van der Waals surface area contributed by atoms with Crippen molar-refractivity contribution in [2.75, 3.05) is 0 Å². The van der Waals surface area contributed by atoms with Gasteiger partial charge in [0.2, 0.25) is 5.91 Å². The monoisotopic (exact) mass is 523 g/mol. The number of hydrogen-bond acceptors (Lipinski definition) is 6. The lowest BCUT2D eigenvalue weighted by atomic mass is 9.97. The first-order chi connectivity index (χ1) is 18.8. The smallest absolute Gasteiger partial charge is 0.303 e. The standard InChI is InChI=1S/C30H25N3O6/c1-15(34)31-12-20-25-18-8-4-6-10-21(18)32-13-23(38-16(2)35)24(39-17(3)36)14-33-22-11-7-5-9-19(22)26(27(20)30(31)37)29(33)28(25)32/h4-11,23-24H,12-14H2,1-3H3. The Morgan fingerprint density at radius 3 is 1.74 bits per heavy atom. The van der Waals surface area contributed by atoms with Gasteiger partial charge in [-0.3, -0.25) is 24.1 Å². The maximum absolute atomic E-state index is 13.8. The third-order valence-corrected chi connectivity index (χ3v) is 7.95. The Bertz CT molecular complexity index is 1930. The number of aromatic nitrogens is 2. The number of esters is 2. The minimum atomic E-state index is -0.771. The number of amides is 2. The molecule has 39 heavy (non-hydrogen) atoms. The number of nitrogens with zero attached hydrogens (tertiary/aromatic N) is 3. The van der Waals surface area contributed by atoms with E-state index >= 15 is 0 Å². The summed E-state index contributed by atoms with van der Waals surface area (Å²) in [6.45, 7) is 4.76. The van der Waals surface area contributed by atoms with E-state index in [0.717, 1.165) is 49.2 Å². The summed E-state index contributed by atoms with van der Waals surface area (Å²) in [5, 5.41) is 3.49. The summed E-state index contributed by atoms with van der Waals surface area (Å²) in [5.41, 5.74) is 4.83. The molecule has 0 radical (unpaired) electrons. The third-order valence-electron chi connectivity index (χ3n) is 7.95. The molecule has 3 aromatic carbocycles. The van der Waals surface area contributed by atoms with Crippen LogP contribution in [0.3, 0.4) is 0 Å². The molecule has 0 spiro atoms. The fourth-order valence-corrected chi connectivity index (χ4v) is 6.57. The zero-order valence-corrected chi connectivity index (χ0v) is 21.7. The Labute approximate surface area is 222 Å². The summed E-state index contributed by atoms with van der Waals surface area (Å²) in [6, 6.07) is 15.7. The minimum absolute atomic E-state index is 0.187. The van der Waals surface area contributed by atoms with Crippen LogP contribution in [0.4, 0.5) is 0 Å². The van der Waals surface area contributed by atoms with Crippen LogP contribution in [-0.2, 0) is 43.5 Å². The molecular weight excluding hydrogens is 498 g/mol. The van der Waals surface area contributed by atoms with Gasteiger partial charge in [0.05, 0.1) is 36.2 Å². The van der Waals surface area contributed by atoms with Crippen LogP contribution >= 0.6 is 0 Å². The van der Waals surface area contributed by atoms with Gasteiger partial charge in [0.25, 0.3) is 5.91 Å². The van der Waals surface area contributed by atoms with Crippen molar-refractivity contribution < 1.29 is 28.7 Å². The first-order valence-corrected chi connectivity index (χ1v) is 12.9. The lowest BCUT2D eigenvalue weighted by molar-refractivity contribution is -0.167. The molecule has 2 aliphatic heterocycles. The normalized spacial score (nSPS) is 18.6. The zero-order chi connectivity index (χ0) is 27.2. The highest BCUT2D eigenvalue weighted by atomic mass is 16.6. The van der Waals surface area contributed by atoms with Crippen molar-refractivity contribution in [1.29, 1.82) is 0 Å². The van der Waals surface area contributed by atoms with Crippen molar-refractivity contribution in [2.24, 2.45) is 0 Å². The highest BCUT2D eigenvalue weighted by molar-refractivity contribution is 6.31. The second-order valence-electron chi connectivity index (χ2n) is 10.3. The van der Waals surface area contributed by atoms with E-state index in [9.17, 15) is 19.2 Å². The molecule has 0 fully saturated rings. The van der Waals surface area contributed by atoms with Gasteiger partial charge in [-0.25, -0.2) is 0 Å². The van der Waals surface area contributed by atoms with Crippen LogP contribution in [0.2, 0.25) is 0 Å². The van der Waals surface area contributed by atoms with E-state index in [-0.39, 0.29) is 31.4 Å². The molecule has 0 bridgehead atoms. The number of rotatable bonds is 2. The fraction of sp³-hybridized carbons (Fsp3) is 0.267. The lowest BCUT2D eigenvalue weighted by Gasteiger charge is -2.30. The first-order valence-electron chi connectivity index (χ1n) is 12.9. The van der Waals surface area contributed by atoms with Crippen LogP contribution < -0.4 is 0 Å². The SMILES string of the molecule is CC(=O)OC1Cn2c3ccccc3c3c4c(c5c6ccccc6n(c5c32)CC1OC(C)=O)C(=O)N(C(C)=O)C4. The van der Waals surface area contributed by atoms with Crippen molar-refractivity contribution in [3.63, 3.8) is 0 Å². The molecule has 9 heteroatoms. The van der Waals surface area contributed by atoms with Gasteiger partial charge in [-0.05, 0) is 17.7 Å². The summed E-state index contributed by atoms with van der Waals surface area (Å²) in [5.74, 6) is -1.56. The molecule has 2 amide bonds. The van der Waals surface area contributed by atoms with Crippen molar-refractivity contribution in [3.8, 4) is 0 Å². The van der Waals surface area contributed by atoms with Crippen LogP contribution in [0.5, 0.6) is 0 Å². The Balaban J connectivity index is 1.71. The van der Waals surface area contributed by atoms with Crippen LogP contribution in [-0.4, -0.2) is 50.0 Å². The van der Waals surface area contributed by atoms with Gasteiger partial charge < -0.3 is 18.6 Å². The minimum Gasteiger partial charge on any atom is -0.457 e. The van der Waals surface area contributed by atoms with Gasteiger partial charge in [0.1, 0.15) is 0 Å². The van der Waals surface area contributed by atoms with Crippen molar-refractivity contribution in [2.45, 2.75) is 52.6 Å². The molecule has 5 aromatic rings. The maximum Gasteiger partial charge on any atom is 0.303 e. The van der Waals surface area contributed by atoms with E-state index in [1.54, 1.807) is 0 Å². The zero-order valence-electron chi connectivity index (χ0n) is 21.7. The predicted octanol–water partition coefficient (Wildman–Crippen LogP) is 4.28. The Hall–Kier alpha value is -4.66. The van der Waals surface area contributed by atoms with Gasteiger partial charge in [-0.1, -0.05) is 36.4 Å². The molecule has 4 heterocycles. The first kappa shape index (κ1) is 23.5. The quantitative estimate of drug-likeness (QED) is 0.320. The summed E-state index contributed by atoms with van der Waals surface area (Å²) in [4.78, 5) is 52.1. The third kappa shape index (κ3) is 3.19. The Morgan fingerprint density at radius 1 is 0.744 bits per heavy atom. The molecule has 2 unspecified atom stereocenters. The molecule has 7 rings (SSSR count). The molecule has 196 valence electrons. The van der Waals surface area contributed by atoms with Crippen molar-refractivity contribution >= 4 is 67.4 Å². The van der Waals surface area contributed by atoms with Gasteiger partial charge in [-0.15, -0.1) is 0 Å². The van der Waals surface area contributed by atoms with Gasteiger partial charge >= 0.3 is 11.9 Å². The maximum atomic E-state index is 13.8. The molecule has 0 aliphatic carbocycles. The predicted molar refractivity (Wildman–Crippen MR) is 144 cm³/mol. The Morgan fingerprint density at radius 2 is 1.23 bits per heavy atom. The molecular formula is C30H25N3O6. The highest BCUT2D eigenvalue weighted by Crippen LogP contribution is 2.47. The number of carbonyl (C=O) groups is 4. The van der Waals surface area contributed by atoms with E-state index in [0.29, 0.717) is 5.56 Å². The number of fused-ring (bicyclic) bond motifs is 9.